The Morgan fingerprint density at radius 3 is 2.65 bits per heavy atom. The summed E-state index contributed by atoms with van der Waals surface area (Å²) in [5.74, 6) is 0.215. The van der Waals surface area contributed by atoms with Crippen LogP contribution in [0.15, 0.2) is 41.2 Å². The second-order valence-electron chi connectivity index (χ2n) is 4.46. The van der Waals surface area contributed by atoms with Crippen LogP contribution in [0.3, 0.4) is 0 Å². The second kappa shape index (κ2) is 4.61. The number of carbonyl (C=O) groups is 1. The third-order valence-corrected chi connectivity index (χ3v) is 4.14. The van der Waals surface area contributed by atoms with E-state index >= 15 is 0 Å². The lowest BCUT2D eigenvalue weighted by Gasteiger charge is -2.04. The van der Waals surface area contributed by atoms with E-state index in [0.717, 1.165) is 10.3 Å². The standard InChI is InChI=1S/C15H10O4S/c1-8-2-5-12-11(6-8)14(16)10-4-3-9(19-15(17)18)7-13(10)20-12/h2-7H,1H3,(H,17,18). The molecular weight excluding hydrogens is 276 g/mol. The molecule has 2 aromatic carbocycles. The molecule has 0 atom stereocenters. The zero-order valence-electron chi connectivity index (χ0n) is 10.5. The van der Waals surface area contributed by atoms with Crippen molar-refractivity contribution in [2.24, 2.45) is 0 Å². The van der Waals surface area contributed by atoms with E-state index in [4.69, 9.17) is 5.11 Å². The van der Waals surface area contributed by atoms with Crippen LogP contribution in [0.25, 0.3) is 20.2 Å². The van der Waals surface area contributed by atoms with Crippen LogP contribution in [0.2, 0.25) is 0 Å². The van der Waals surface area contributed by atoms with Crippen molar-refractivity contribution in [1.82, 2.24) is 0 Å². The van der Waals surface area contributed by atoms with Gasteiger partial charge in [-0.2, -0.15) is 0 Å². The molecule has 0 fully saturated rings. The van der Waals surface area contributed by atoms with Crippen molar-refractivity contribution in [2.75, 3.05) is 0 Å². The van der Waals surface area contributed by atoms with Gasteiger partial charge in [0.1, 0.15) is 5.75 Å². The minimum atomic E-state index is -1.37. The molecular formula is C15H10O4S. The van der Waals surface area contributed by atoms with Crippen LogP contribution < -0.4 is 10.2 Å². The van der Waals surface area contributed by atoms with Gasteiger partial charge in [0.2, 0.25) is 0 Å². The smallest absolute Gasteiger partial charge is 0.449 e. The number of hydrogen-bond acceptors (Lipinski definition) is 4. The van der Waals surface area contributed by atoms with Gasteiger partial charge in [0.25, 0.3) is 0 Å². The molecule has 1 heterocycles. The normalized spacial score (nSPS) is 10.8. The van der Waals surface area contributed by atoms with Gasteiger partial charge < -0.3 is 9.84 Å². The molecule has 1 N–H and O–H groups in total. The minimum Gasteiger partial charge on any atom is -0.449 e. The summed E-state index contributed by atoms with van der Waals surface area (Å²) in [4.78, 5) is 23.0. The van der Waals surface area contributed by atoms with Crippen LogP contribution in [0.1, 0.15) is 5.56 Å². The molecule has 20 heavy (non-hydrogen) atoms. The average molecular weight is 286 g/mol. The van der Waals surface area contributed by atoms with E-state index in [-0.39, 0.29) is 11.2 Å². The van der Waals surface area contributed by atoms with Crippen molar-refractivity contribution < 1.29 is 14.6 Å². The fourth-order valence-electron chi connectivity index (χ4n) is 2.11. The number of aryl methyl sites for hydroxylation is 1. The third kappa shape index (κ3) is 2.12. The Kier molecular flexibility index (Phi) is 2.91. The topological polar surface area (TPSA) is 63.6 Å². The lowest BCUT2D eigenvalue weighted by molar-refractivity contribution is 0.144. The molecule has 0 saturated heterocycles. The third-order valence-electron chi connectivity index (χ3n) is 3.00. The van der Waals surface area contributed by atoms with Crippen molar-refractivity contribution >= 4 is 37.7 Å². The molecule has 0 radical (unpaired) electrons. The van der Waals surface area contributed by atoms with Gasteiger partial charge in [0, 0.05) is 20.2 Å². The second-order valence-corrected chi connectivity index (χ2v) is 5.54. The summed E-state index contributed by atoms with van der Waals surface area (Å²) in [6, 6.07) is 10.4. The highest BCUT2D eigenvalue weighted by Crippen LogP contribution is 2.28. The zero-order chi connectivity index (χ0) is 14.3. The average Bonchev–Trinajstić information content (AvgIpc) is 2.39. The number of fused-ring (bicyclic) bond motifs is 2. The SMILES string of the molecule is Cc1ccc2sc3cc(OC(=O)O)ccc3c(=O)c2c1. The van der Waals surface area contributed by atoms with Crippen LogP contribution in [-0.4, -0.2) is 11.3 Å². The monoisotopic (exact) mass is 286 g/mol. The molecule has 0 spiro atoms. The predicted molar refractivity (Wildman–Crippen MR) is 79.0 cm³/mol. The number of hydrogen-bond donors (Lipinski definition) is 1. The van der Waals surface area contributed by atoms with E-state index in [0.29, 0.717) is 15.5 Å². The summed E-state index contributed by atoms with van der Waals surface area (Å²) >= 11 is 1.44. The molecule has 0 saturated carbocycles. The van der Waals surface area contributed by atoms with Gasteiger partial charge in [-0.05, 0) is 37.3 Å². The molecule has 0 aliphatic rings. The number of carboxylic acid groups (broad SMARTS) is 1. The number of rotatable bonds is 1. The predicted octanol–water partition coefficient (Wildman–Crippen LogP) is 3.78. The molecule has 1 aromatic heterocycles. The maximum Gasteiger partial charge on any atom is 0.511 e. The zero-order valence-corrected chi connectivity index (χ0v) is 11.4. The number of benzene rings is 2. The molecule has 0 amide bonds. The molecule has 3 rings (SSSR count). The number of ether oxygens (including phenoxy) is 1. The van der Waals surface area contributed by atoms with E-state index in [9.17, 15) is 9.59 Å². The van der Waals surface area contributed by atoms with Crippen molar-refractivity contribution in [3.05, 3.63) is 52.2 Å². The first kappa shape index (κ1) is 12.6. The highest BCUT2D eigenvalue weighted by Gasteiger charge is 2.08. The maximum absolute atomic E-state index is 12.4. The Morgan fingerprint density at radius 2 is 1.90 bits per heavy atom. The Labute approximate surface area is 117 Å². The van der Waals surface area contributed by atoms with E-state index in [1.54, 1.807) is 12.1 Å². The fraction of sp³-hybridized carbons (Fsp3) is 0.0667. The van der Waals surface area contributed by atoms with Gasteiger partial charge in [0.15, 0.2) is 5.43 Å². The molecule has 0 unspecified atom stereocenters. The van der Waals surface area contributed by atoms with E-state index in [2.05, 4.69) is 4.74 Å². The van der Waals surface area contributed by atoms with Crippen LogP contribution >= 0.6 is 11.3 Å². The first-order chi connectivity index (χ1) is 9.54. The highest BCUT2D eigenvalue weighted by molar-refractivity contribution is 7.24. The highest BCUT2D eigenvalue weighted by atomic mass is 32.1. The van der Waals surface area contributed by atoms with E-state index < -0.39 is 6.16 Å². The largest absolute Gasteiger partial charge is 0.511 e. The molecule has 0 aliphatic carbocycles. The summed E-state index contributed by atoms with van der Waals surface area (Å²) in [5, 5.41) is 9.88. The van der Waals surface area contributed by atoms with E-state index in [1.807, 2.05) is 25.1 Å². The lowest BCUT2D eigenvalue weighted by Crippen LogP contribution is -2.04. The van der Waals surface area contributed by atoms with Crippen LogP contribution in [0.4, 0.5) is 4.79 Å². The van der Waals surface area contributed by atoms with Crippen molar-refractivity contribution in [2.45, 2.75) is 6.92 Å². The first-order valence-electron chi connectivity index (χ1n) is 5.92. The molecule has 100 valence electrons. The summed E-state index contributed by atoms with van der Waals surface area (Å²) in [7, 11) is 0. The first-order valence-corrected chi connectivity index (χ1v) is 6.74. The van der Waals surface area contributed by atoms with Crippen molar-refractivity contribution in [3.63, 3.8) is 0 Å². The maximum atomic E-state index is 12.4. The van der Waals surface area contributed by atoms with Crippen LogP contribution in [0, 0.1) is 6.92 Å². The molecule has 0 aliphatic heterocycles. The van der Waals surface area contributed by atoms with Crippen LogP contribution in [-0.2, 0) is 0 Å². The van der Waals surface area contributed by atoms with Crippen LogP contribution in [0.5, 0.6) is 5.75 Å². The Balaban J connectivity index is 2.32. The summed E-state index contributed by atoms with van der Waals surface area (Å²) in [6.07, 6.45) is -1.37. The Morgan fingerprint density at radius 1 is 1.10 bits per heavy atom. The van der Waals surface area contributed by atoms with Crippen molar-refractivity contribution in [1.29, 1.82) is 0 Å². The summed E-state index contributed by atoms with van der Waals surface area (Å²) in [5.41, 5.74) is 0.992. The molecule has 5 heteroatoms. The lowest BCUT2D eigenvalue weighted by atomic mass is 10.1. The fourth-order valence-corrected chi connectivity index (χ4v) is 3.19. The quantitative estimate of drug-likeness (QED) is 0.420. The van der Waals surface area contributed by atoms with E-state index in [1.165, 1.54) is 17.4 Å². The van der Waals surface area contributed by atoms with Gasteiger partial charge in [-0.25, -0.2) is 4.79 Å². The molecule has 3 aromatic rings. The molecule has 0 bridgehead atoms. The minimum absolute atomic E-state index is 0.0423. The van der Waals surface area contributed by atoms with Gasteiger partial charge in [-0.15, -0.1) is 11.3 Å². The van der Waals surface area contributed by atoms with Gasteiger partial charge >= 0.3 is 6.16 Å². The summed E-state index contributed by atoms with van der Waals surface area (Å²) in [6.45, 7) is 1.94. The van der Waals surface area contributed by atoms with Gasteiger partial charge in [-0.1, -0.05) is 11.6 Å². The van der Waals surface area contributed by atoms with Crippen molar-refractivity contribution in [3.8, 4) is 5.75 Å². The Bertz CT molecular complexity index is 895. The van der Waals surface area contributed by atoms with Gasteiger partial charge in [0.05, 0.1) is 0 Å². The van der Waals surface area contributed by atoms with Gasteiger partial charge in [-0.3, -0.25) is 4.79 Å². The Hall–Kier alpha value is -2.40. The summed E-state index contributed by atoms with van der Waals surface area (Å²) < 4.78 is 6.20. The molecule has 4 nitrogen and oxygen atoms in total.